The van der Waals surface area contributed by atoms with Gasteiger partial charge in [-0.15, -0.1) is 0 Å². The highest BCUT2D eigenvalue weighted by Gasteiger charge is 2.29. The summed E-state index contributed by atoms with van der Waals surface area (Å²) in [5.41, 5.74) is 2.20. The molecular weight excluding hydrogens is 364 g/mol. The summed E-state index contributed by atoms with van der Waals surface area (Å²) in [5, 5.41) is 4.32. The lowest BCUT2D eigenvalue weighted by Crippen LogP contribution is -2.42. The third-order valence-corrected chi connectivity index (χ3v) is 4.84. The highest BCUT2D eigenvalue weighted by atomic mass is 19.1. The number of rotatable bonds is 3. The Balaban J connectivity index is 1.55. The second kappa shape index (κ2) is 7.52. The second-order valence-electron chi connectivity index (χ2n) is 6.68. The SMILES string of the molecule is Cn1nc(C(=O)N2CCOC(c3ccccc3F)C2)cc1-c1ccc(F)cc1. The molecule has 1 aliphatic heterocycles. The van der Waals surface area contributed by atoms with Crippen molar-refractivity contribution in [2.75, 3.05) is 19.7 Å². The van der Waals surface area contributed by atoms with E-state index in [4.69, 9.17) is 4.74 Å². The van der Waals surface area contributed by atoms with Crippen molar-refractivity contribution in [3.05, 3.63) is 77.5 Å². The lowest BCUT2D eigenvalue weighted by atomic mass is 10.1. The van der Waals surface area contributed by atoms with Crippen LogP contribution in [0.25, 0.3) is 11.3 Å². The lowest BCUT2D eigenvalue weighted by Gasteiger charge is -2.32. The van der Waals surface area contributed by atoms with E-state index in [0.29, 0.717) is 24.4 Å². The van der Waals surface area contributed by atoms with Crippen LogP contribution in [-0.2, 0) is 11.8 Å². The lowest BCUT2D eigenvalue weighted by molar-refractivity contribution is -0.0245. The Morgan fingerprint density at radius 3 is 2.64 bits per heavy atom. The summed E-state index contributed by atoms with van der Waals surface area (Å²) < 4.78 is 34.5. The first-order chi connectivity index (χ1) is 13.5. The number of carbonyl (C=O) groups is 1. The van der Waals surface area contributed by atoms with E-state index in [1.807, 2.05) is 0 Å². The van der Waals surface area contributed by atoms with Crippen LogP contribution in [-0.4, -0.2) is 40.3 Å². The van der Waals surface area contributed by atoms with Gasteiger partial charge in [0.2, 0.25) is 0 Å². The summed E-state index contributed by atoms with van der Waals surface area (Å²) in [6.45, 7) is 0.983. The predicted octanol–water partition coefficient (Wildman–Crippen LogP) is 3.58. The quantitative estimate of drug-likeness (QED) is 0.695. The molecule has 1 fully saturated rings. The van der Waals surface area contributed by atoms with E-state index in [9.17, 15) is 13.6 Å². The standard InChI is InChI=1S/C21H19F2N3O2/c1-25-19(14-6-8-15(22)9-7-14)12-18(24-25)21(27)26-10-11-28-20(13-26)16-4-2-3-5-17(16)23/h2-9,12,20H,10-11,13H2,1H3. The average molecular weight is 383 g/mol. The maximum atomic E-state index is 14.1. The summed E-state index contributed by atoms with van der Waals surface area (Å²) in [6.07, 6.45) is -0.515. The number of amides is 1. The number of benzene rings is 2. The van der Waals surface area contributed by atoms with Gasteiger partial charge in [0.15, 0.2) is 5.69 Å². The van der Waals surface area contributed by atoms with Gasteiger partial charge in [-0.2, -0.15) is 5.10 Å². The molecule has 1 amide bonds. The highest BCUT2D eigenvalue weighted by molar-refractivity contribution is 5.93. The molecule has 28 heavy (non-hydrogen) atoms. The van der Waals surface area contributed by atoms with Gasteiger partial charge in [-0.3, -0.25) is 9.48 Å². The van der Waals surface area contributed by atoms with Crippen LogP contribution in [0.15, 0.2) is 54.6 Å². The topological polar surface area (TPSA) is 47.4 Å². The van der Waals surface area contributed by atoms with Gasteiger partial charge in [-0.05, 0) is 42.0 Å². The Kier molecular flexibility index (Phi) is 4.92. The van der Waals surface area contributed by atoms with Crippen molar-refractivity contribution < 1.29 is 18.3 Å². The Morgan fingerprint density at radius 2 is 1.89 bits per heavy atom. The zero-order valence-electron chi connectivity index (χ0n) is 15.3. The second-order valence-corrected chi connectivity index (χ2v) is 6.68. The molecule has 0 N–H and O–H groups in total. The van der Waals surface area contributed by atoms with Gasteiger partial charge in [0, 0.05) is 19.2 Å². The minimum atomic E-state index is -0.515. The van der Waals surface area contributed by atoms with Crippen LogP contribution in [0.1, 0.15) is 22.2 Å². The molecule has 1 aliphatic rings. The smallest absolute Gasteiger partial charge is 0.274 e. The summed E-state index contributed by atoms with van der Waals surface area (Å²) in [5.74, 6) is -0.915. The molecule has 0 spiro atoms. The van der Waals surface area contributed by atoms with Crippen LogP contribution in [0.3, 0.4) is 0 Å². The molecule has 1 saturated heterocycles. The third kappa shape index (κ3) is 3.53. The van der Waals surface area contributed by atoms with Crippen LogP contribution in [0.5, 0.6) is 0 Å². The fourth-order valence-electron chi connectivity index (χ4n) is 3.38. The van der Waals surface area contributed by atoms with Crippen LogP contribution >= 0.6 is 0 Å². The molecule has 1 atom stereocenters. The van der Waals surface area contributed by atoms with Crippen LogP contribution in [0.2, 0.25) is 0 Å². The van der Waals surface area contributed by atoms with Gasteiger partial charge in [0.05, 0.1) is 18.8 Å². The molecule has 2 heterocycles. The van der Waals surface area contributed by atoms with Gasteiger partial charge >= 0.3 is 0 Å². The van der Waals surface area contributed by atoms with Gasteiger partial charge in [-0.1, -0.05) is 18.2 Å². The largest absolute Gasteiger partial charge is 0.370 e. The van der Waals surface area contributed by atoms with Crippen molar-refractivity contribution in [1.82, 2.24) is 14.7 Å². The maximum Gasteiger partial charge on any atom is 0.274 e. The number of nitrogens with zero attached hydrogens (tertiary/aromatic N) is 3. The fourth-order valence-corrected chi connectivity index (χ4v) is 3.38. The van der Waals surface area contributed by atoms with Crippen LogP contribution in [0.4, 0.5) is 8.78 Å². The van der Waals surface area contributed by atoms with E-state index in [-0.39, 0.29) is 29.8 Å². The van der Waals surface area contributed by atoms with Gasteiger partial charge in [0.25, 0.3) is 5.91 Å². The normalized spacial score (nSPS) is 17.0. The number of hydrogen-bond acceptors (Lipinski definition) is 3. The van der Waals surface area contributed by atoms with E-state index in [1.165, 1.54) is 18.2 Å². The van der Waals surface area contributed by atoms with E-state index < -0.39 is 6.10 Å². The zero-order chi connectivity index (χ0) is 19.7. The first kappa shape index (κ1) is 18.3. The summed E-state index contributed by atoms with van der Waals surface area (Å²) in [6, 6.07) is 14.1. The summed E-state index contributed by atoms with van der Waals surface area (Å²) >= 11 is 0. The van der Waals surface area contributed by atoms with Crippen molar-refractivity contribution in [3.8, 4) is 11.3 Å². The average Bonchev–Trinajstić information content (AvgIpc) is 3.10. The first-order valence-corrected chi connectivity index (χ1v) is 8.98. The molecule has 5 nitrogen and oxygen atoms in total. The predicted molar refractivity (Wildman–Crippen MR) is 99.6 cm³/mol. The Hall–Kier alpha value is -3.06. The Bertz CT molecular complexity index is 1000. The van der Waals surface area contributed by atoms with E-state index in [1.54, 1.807) is 53.0 Å². The minimum absolute atomic E-state index is 0.242. The molecule has 4 rings (SSSR count). The maximum absolute atomic E-state index is 14.1. The highest BCUT2D eigenvalue weighted by Crippen LogP contribution is 2.26. The summed E-state index contributed by atoms with van der Waals surface area (Å²) in [4.78, 5) is 14.6. The number of morpholine rings is 1. The molecule has 0 saturated carbocycles. The monoisotopic (exact) mass is 383 g/mol. The number of hydrogen-bond donors (Lipinski definition) is 0. The zero-order valence-corrected chi connectivity index (χ0v) is 15.3. The minimum Gasteiger partial charge on any atom is -0.370 e. The van der Waals surface area contributed by atoms with Crippen LogP contribution < -0.4 is 0 Å². The van der Waals surface area contributed by atoms with E-state index >= 15 is 0 Å². The molecular formula is C21H19F2N3O2. The summed E-state index contributed by atoms with van der Waals surface area (Å²) in [7, 11) is 1.73. The Morgan fingerprint density at radius 1 is 1.14 bits per heavy atom. The third-order valence-electron chi connectivity index (χ3n) is 4.84. The van der Waals surface area contributed by atoms with E-state index in [2.05, 4.69) is 5.10 Å². The first-order valence-electron chi connectivity index (χ1n) is 8.98. The van der Waals surface area contributed by atoms with Gasteiger partial charge < -0.3 is 9.64 Å². The molecule has 0 bridgehead atoms. The molecule has 1 unspecified atom stereocenters. The van der Waals surface area contributed by atoms with Crippen LogP contribution in [0, 0.1) is 11.6 Å². The number of halogens is 2. The molecule has 144 valence electrons. The van der Waals surface area contributed by atoms with Crippen molar-refractivity contribution in [3.63, 3.8) is 0 Å². The molecule has 3 aromatic rings. The van der Waals surface area contributed by atoms with Crippen molar-refractivity contribution in [2.24, 2.45) is 7.05 Å². The van der Waals surface area contributed by atoms with Gasteiger partial charge in [-0.25, -0.2) is 8.78 Å². The molecule has 2 aromatic carbocycles. The number of aryl methyl sites for hydroxylation is 1. The number of aromatic nitrogens is 2. The van der Waals surface area contributed by atoms with Crippen molar-refractivity contribution in [1.29, 1.82) is 0 Å². The van der Waals surface area contributed by atoms with Crippen molar-refractivity contribution >= 4 is 5.91 Å². The molecule has 0 radical (unpaired) electrons. The molecule has 0 aliphatic carbocycles. The molecule has 1 aromatic heterocycles. The Labute approximate surface area is 161 Å². The van der Waals surface area contributed by atoms with E-state index in [0.717, 1.165) is 5.56 Å². The van der Waals surface area contributed by atoms with Gasteiger partial charge in [0.1, 0.15) is 17.7 Å². The number of carbonyl (C=O) groups excluding carboxylic acids is 1. The molecule has 7 heteroatoms. The number of ether oxygens (including phenoxy) is 1. The fraction of sp³-hybridized carbons (Fsp3) is 0.238. The van der Waals surface area contributed by atoms with Crippen molar-refractivity contribution in [2.45, 2.75) is 6.10 Å².